The molecule has 11 heteroatoms. The molecule has 1 aliphatic heterocycles. The van der Waals surface area contributed by atoms with Crippen LogP contribution in [-0.2, 0) is 9.53 Å². The second-order valence-electron chi connectivity index (χ2n) is 6.75. The van der Waals surface area contributed by atoms with Gasteiger partial charge in [-0.2, -0.15) is 0 Å². The number of carbonyl (C=O) groups is 1. The van der Waals surface area contributed by atoms with Crippen LogP contribution >= 0.6 is 0 Å². The van der Waals surface area contributed by atoms with Gasteiger partial charge in [-0.1, -0.05) is 12.1 Å². The second kappa shape index (κ2) is 11.4. The van der Waals surface area contributed by atoms with Crippen LogP contribution in [0.15, 0.2) is 51.9 Å². The summed E-state index contributed by atoms with van der Waals surface area (Å²) in [5, 5.41) is 55.3. The maximum atomic E-state index is 11.6. The highest BCUT2D eigenvalue weighted by Crippen LogP contribution is 2.24. The third-order valence-electron chi connectivity index (χ3n) is 4.40. The smallest absolute Gasteiger partial charge is 0.328 e. The van der Waals surface area contributed by atoms with Crippen LogP contribution in [0.3, 0.4) is 0 Å². The number of carboxylic acid groups (broad SMARTS) is 1. The summed E-state index contributed by atoms with van der Waals surface area (Å²) in [5.41, 5.74) is 0.265. The van der Waals surface area contributed by atoms with Gasteiger partial charge in [0, 0.05) is 12.1 Å². The molecular weight excluding hydrogens is 428 g/mol. The number of aromatic hydroxyl groups is 1. The molecule has 1 aromatic heterocycles. The van der Waals surface area contributed by atoms with Crippen molar-refractivity contribution < 1.29 is 49.3 Å². The van der Waals surface area contributed by atoms with E-state index in [0.717, 1.165) is 17.7 Å². The Balaban J connectivity index is 0.000000258. The molecule has 0 bridgehead atoms. The predicted molar refractivity (Wildman–Crippen MR) is 109 cm³/mol. The van der Waals surface area contributed by atoms with E-state index in [0.29, 0.717) is 0 Å². The van der Waals surface area contributed by atoms with E-state index in [1.807, 2.05) is 0 Å². The van der Waals surface area contributed by atoms with Gasteiger partial charge in [0.1, 0.15) is 35.9 Å². The number of phenolic OH excluding ortho intramolecular Hbond substituents is 1. The molecule has 0 saturated carbocycles. The van der Waals surface area contributed by atoms with Crippen LogP contribution in [0.25, 0.3) is 6.08 Å². The van der Waals surface area contributed by atoms with Gasteiger partial charge in [-0.3, -0.25) is 4.79 Å². The van der Waals surface area contributed by atoms with E-state index in [9.17, 15) is 24.9 Å². The maximum Gasteiger partial charge on any atom is 0.328 e. The first kappa shape index (κ1) is 25.0. The lowest BCUT2D eigenvalue weighted by Crippen LogP contribution is -2.60. The molecular formula is C21H24O11. The number of aliphatic carboxylic acids is 1. The molecule has 11 nitrogen and oxygen atoms in total. The van der Waals surface area contributed by atoms with Gasteiger partial charge in [0.15, 0.2) is 0 Å². The summed E-state index contributed by atoms with van der Waals surface area (Å²) >= 11 is 0. The van der Waals surface area contributed by atoms with E-state index in [2.05, 4.69) is 0 Å². The Kier molecular flexibility index (Phi) is 8.93. The van der Waals surface area contributed by atoms with Gasteiger partial charge in [-0.15, -0.1) is 0 Å². The third-order valence-corrected chi connectivity index (χ3v) is 4.40. The van der Waals surface area contributed by atoms with E-state index in [1.54, 1.807) is 12.1 Å². The highest BCUT2D eigenvalue weighted by Gasteiger charge is 2.45. The first-order chi connectivity index (χ1) is 15.1. The van der Waals surface area contributed by atoms with Crippen molar-refractivity contribution >= 4 is 12.0 Å². The molecule has 3 rings (SSSR count). The summed E-state index contributed by atoms with van der Waals surface area (Å²) in [4.78, 5) is 21.7. The van der Waals surface area contributed by atoms with Crippen LogP contribution in [0.4, 0.5) is 0 Å². The Bertz CT molecular complexity index is 964. The summed E-state index contributed by atoms with van der Waals surface area (Å²) in [6.45, 7) is 0.911. The van der Waals surface area contributed by atoms with Crippen molar-refractivity contribution in [2.75, 3.05) is 6.61 Å². The average molecular weight is 452 g/mol. The molecule has 2 heterocycles. The third kappa shape index (κ3) is 6.64. The number of hydrogen-bond acceptors (Lipinski definition) is 10. The minimum Gasteiger partial charge on any atom is -0.508 e. The van der Waals surface area contributed by atoms with Gasteiger partial charge in [0.2, 0.25) is 17.5 Å². The first-order valence-electron chi connectivity index (χ1n) is 9.39. The zero-order valence-corrected chi connectivity index (χ0v) is 16.9. The van der Waals surface area contributed by atoms with Crippen molar-refractivity contribution in [1.82, 2.24) is 0 Å². The molecule has 174 valence electrons. The molecule has 6 N–H and O–H groups in total. The number of hydrogen-bond donors (Lipinski definition) is 6. The molecule has 0 aliphatic carbocycles. The highest BCUT2D eigenvalue weighted by molar-refractivity contribution is 5.85. The molecule has 2 aromatic rings. The summed E-state index contributed by atoms with van der Waals surface area (Å²) in [6, 6.07) is 7.40. The van der Waals surface area contributed by atoms with Crippen LogP contribution in [0.1, 0.15) is 11.3 Å². The van der Waals surface area contributed by atoms with Crippen molar-refractivity contribution in [3.8, 4) is 11.5 Å². The van der Waals surface area contributed by atoms with Crippen LogP contribution in [0, 0.1) is 6.92 Å². The molecule has 0 spiro atoms. The van der Waals surface area contributed by atoms with Gasteiger partial charge < -0.3 is 44.5 Å². The second-order valence-corrected chi connectivity index (χ2v) is 6.75. The van der Waals surface area contributed by atoms with Crippen molar-refractivity contribution in [2.45, 2.75) is 37.6 Å². The molecule has 5 unspecified atom stereocenters. The fourth-order valence-corrected chi connectivity index (χ4v) is 2.68. The van der Waals surface area contributed by atoms with Crippen molar-refractivity contribution in [3.05, 3.63) is 64.2 Å². The summed E-state index contributed by atoms with van der Waals surface area (Å²) in [6.07, 6.45) is -3.44. The summed E-state index contributed by atoms with van der Waals surface area (Å²) in [7, 11) is 0. The summed E-state index contributed by atoms with van der Waals surface area (Å²) in [5.74, 6) is -0.808. The van der Waals surface area contributed by atoms with Crippen LogP contribution in [0.2, 0.25) is 0 Å². The van der Waals surface area contributed by atoms with Crippen LogP contribution < -0.4 is 10.2 Å². The van der Waals surface area contributed by atoms with E-state index in [1.165, 1.54) is 31.4 Å². The lowest BCUT2D eigenvalue weighted by molar-refractivity contribution is -0.277. The van der Waals surface area contributed by atoms with Gasteiger partial charge in [-0.25, -0.2) is 4.79 Å². The quantitative estimate of drug-likeness (QED) is 0.325. The zero-order chi connectivity index (χ0) is 23.8. The van der Waals surface area contributed by atoms with Crippen LogP contribution in [-0.4, -0.2) is 73.9 Å². The molecule has 0 radical (unpaired) electrons. The number of carboxylic acids is 1. The maximum absolute atomic E-state index is 11.6. The Hall–Kier alpha value is -3.22. The van der Waals surface area contributed by atoms with E-state index < -0.39 is 48.7 Å². The molecule has 1 aromatic carbocycles. The lowest BCUT2D eigenvalue weighted by Gasteiger charge is -2.39. The van der Waals surface area contributed by atoms with E-state index in [-0.39, 0.29) is 17.3 Å². The number of benzene rings is 1. The monoisotopic (exact) mass is 452 g/mol. The Morgan fingerprint density at radius 2 is 1.75 bits per heavy atom. The number of rotatable bonds is 5. The van der Waals surface area contributed by atoms with Gasteiger partial charge in [0.05, 0.1) is 12.9 Å². The van der Waals surface area contributed by atoms with Crippen molar-refractivity contribution in [3.63, 3.8) is 0 Å². The topological polar surface area (TPSA) is 187 Å². The van der Waals surface area contributed by atoms with Gasteiger partial charge in [-0.05, 0) is 30.7 Å². The van der Waals surface area contributed by atoms with E-state index in [4.69, 9.17) is 29.2 Å². The zero-order valence-electron chi connectivity index (χ0n) is 16.9. The highest BCUT2D eigenvalue weighted by atomic mass is 16.7. The number of aliphatic hydroxyl groups excluding tert-OH is 4. The van der Waals surface area contributed by atoms with Gasteiger partial charge >= 0.3 is 5.97 Å². The summed E-state index contributed by atoms with van der Waals surface area (Å²) < 4.78 is 15.3. The van der Waals surface area contributed by atoms with Crippen LogP contribution in [0.5, 0.6) is 11.5 Å². The minimum atomic E-state index is -1.58. The largest absolute Gasteiger partial charge is 0.508 e. The van der Waals surface area contributed by atoms with Crippen molar-refractivity contribution in [2.24, 2.45) is 0 Å². The standard InChI is InChI=1S/C12H16O8.C9H8O3/c1-5-11(6(14)2-3-18-5)20-12-10(17)9(16)8(15)7(4-13)19-12;10-8-4-1-7(2-5-8)3-6-9(11)12/h2-3,7-10,12-13,15-17H,4H2,1H3;1-6,10H,(H,11,12). The number of ether oxygens (including phenoxy) is 2. The first-order valence-corrected chi connectivity index (χ1v) is 9.39. The van der Waals surface area contributed by atoms with Crippen molar-refractivity contribution in [1.29, 1.82) is 0 Å². The Morgan fingerprint density at radius 1 is 1.09 bits per heavy atom. The Labute approximate surface area is 182 Å². The minimum absolute atomic E-state index is 0.169. The van der Waals surface area contributed by atoms with Gasteiger partial charge in [0.25, 0.3) is 0 Å². The molecule has 1 aliphatic rings. The lowest BCUT2D eigenvalue weighted by atomic mass is 9.99. The molecule has 32 heavy (non-hydrogen) atoms. The number of aryl methyl sites for hydroxylation is 1. The molecule has 1 saturated heterocycles. The predicted octanol–water partition coefficient (Wildman–Crippen LogP) is -0.383. The SMILES string of the molecule is Cc1occc(=O)c1OC1OC(CO)C(O)C(O)C1O.O=C(O)C=Cc1ccc(O)cc1. The fourth-order valence-electron chi connectivity index (χ4n) is 2.68. The normalized spacial score (nSPS) is 25.1. The van der Waals surface area contributed by atoms with E-state index >= 15 is 0 Å². The molecule has 5 atom stereocenters. The molecule has 0 amide bonds. The average Bonchev–Trinajstić information content (AvgIpc) is 2.76. The molecule has 1 fully saturated rings. The fraction of sp³-hybridized carbons (Fsp3) is 0.333. The number of phenols is 1. The Morgan fingerprint density at radius 3 is 2.31 bits per heavy atom. The number of aliphatic hydroxyl groups is 4.